The smallest absolute Gasteiger partial charge is 0.245 e. The molecule has 0 bridgehead atoms. The molecule has 29 heteroatoms. The first-order chi connectivity index (χ1) is 49.4. The number of amides is 10. The van der Waals surface area contributed by atoms with E-state index >= 15 is 4.79 Å². The second-order valence-electron chi connectivity index (χ2n) is 26.7. The summed E-state index contributed by atoms with van der Waals surface area (Å²) in [6.07, 6.45) is 1.46. The number of nitrogens with two attached hydrogens (primary N) is 5. The maximum atomic E-state index is 15.1. The van der Waals surface area contributed by atoms with E-state index in [2.05, 4.69) is 52.4 Å². The second-order valence-corrected chi connectivity index (χ2v) is 27.1. The van der Waals surface area contributed by atoms with Crippen molar-refractivity contribution in [2.75, 3.05) is 52.5 Å². The van der Waals surface area contributed by atoms with Crippen LogP contribution in [0.4, 0.5) is 0 Å². The fraction of sp³-hybridized carbons (Fsp3) is 0.473. The third-order valence-corrected chi connectivity index (χ3v) is 18.3. The minimum Gasteiger partial charge on any atom is -0.394 e. The van der Waals surface area contributed by atoms with Gasteiger partial charge in [-0.05, 0) is 128 Å². The first kappa shape index (κ1) is 80.7. The Labute approximate surface area is 605 Å². The predicted molar refractivity (Wildman–Crippen MR) is 392 cm³/mol. The van der Waals surface area contributed by atoms with Gasteiger partial charge in [-0.2, -0.15) is 0 Å². The highest BCUT2D eigenvalue weighted by Crippen LogP contribution is 2.23. The third-order valence-electron chi connectivity index (χ3n) is 18.1. The van der Waals surface area contributed by atoms with E-state index < -0.39 is 126 Å². The van der Waals surface area contributed by atoms with Crippen LogP contribution < -0.4 is 71.2 Å². The van der Waals surface area contributed by atoms with E-state index in [0.717, 1.165) is 35.0 Å². The van der Waals surface area contributed by atoms with Crippen LogP contribution in [0.3, 0.4) is 0 Å². The molecule has 103 heavy (non-hydrogen) atoms. The van der Waals surface area contributed by atoms with E-state index in [4.69, 9.17) is 45.0 Å². The highest BCUT2D eigenvalue weighted by molar-refractivity contribution is 6.30. The molecule has 10 amide bonds. The molecule has 10 atom stereocenters. The number of carbonyl (C=O) groups excluding carboxylic acids is 10. The minimum atomic E-state index is -1.73. The summed E-state index contributed by atoms with van der Waals surface area (Å²) in [7, 11) is 0. The Bertz CT molecular complexity index is 3690. The number of hydrogen-bond donors (Lipinski definition) is 14. The number of primary amides is 1. The van der Waals surface area contributed by atoms with Gasteiger partial charge in [0.1, 0.15) is 54.4 Å². The number of benzene rings is 5. The van der Waals surface area contributed by atoms with Crippen LogP contribution in [0.25, 0.3) is 10.8 Å². The van der Waals surface area contributed by atoms with Crippen LogP contribution in [0.2, 0.25) is 5.02 Å². The molecule has 19 N–H and O–H groups in total. The number of guanidine groups is 1. The van der Waals surface area contributed by atoms with Gasteiger partial charge in [-0.15, -0.1) is 0 Å². The van der Waals surface area contributed by atoms with Gasteiger partial charge in [-0.25, -0.2) is 0 Å². The molecule has 556 valence electrons. The zero-order valence-electron chi connectivity index (χ0n) is 58.8. The molecular weight excluding hydrogens is 1340 g/mol. The summed E-state index contributed by atoms with van der Waals surface area (Å²) in [5.74, 6) is -8.13. The number of halogens is 1. The van der Waals surface area contributed by atoms with Gasteiger partial charge < -0.3 is 85.9 Å². The van der Waals surface area contributed by atoms with Gasteiger partial charge in [0, 0.05) is 57.0 Å². The molecule has 0 saturated carbocycles. The van der Waals surface area contributed by atoms with Gasteiger partial charge in [0.15, 0.2) is 5.96 Å². The Morgan fingerprint density at radius 2 is 1.06 bits per heavy atom. The molecule has 2 fully saturated rings. The van der Waals surface area contributed by atoms with Gasteiger partial charge >= 0.3 is 0 Å². The van der Waals surface area contributed by atoms with Gasteiger partial charge in [0.05, 0.1) is 25.9 Å². The van der Waals surface area contributed by atoms with E-state index in [9.17, 15) is 48.3 Å². The van der Waals surface area contributed by atoms with Crippen molar-refractivity contribution in [2.45, 2.75) is 165 Å². The minimum absolute atomic E-state index is 0.00698. The lowest BCUT2D eigenvalue weighted by Crippen LogP contribution is -2.61. The van der Waals surface area contributed by atoms with Crippen LogP contribution in [0.5, 0.6) is 0 Å². The standard InChI is InChI=1S/C74H101ClN16O12/c1-45(2)38-58(67(96)84-57(21-12-32-81-74(79)80)73(102)91-33-13-22-63(91)72(101)82-46(3)64(78)93)86-69(98)61(40-48-23-25-50(26-24-48)43-90-34-36-103-37-35-90)87-66(95)56(20-9-10-31-76)83-71(100)62(44-92)89-70(99)60(39-47-14-5-4-6-15-47)88-68(97)59(41-49-27-29-53(75)30-28-49)85-65(94)55(77)42-52-18-11-17-51-16-7-8-19-54(51)52/h4-8,11,14-19,23-30,45-46,55-63,92H,9-10,12-13,20-22,31-44,76-77H2,1-3H3,(H2,78,93)(H,82,101)(H,83,100)(H,84,96)(H,85,94)(H,86,98)(H,87,95)(H,88,97)(H,89,99)(H4,79,80,81)/t46-,55-,56+,57+,58+,59-,60-,61-,62+,63+/m1/s1. The molecule has 2 aliphatic heterocycles. The van der Waals surface area contributed by atoms with E-state index in [1.807, 2.05) is 80.6 Å². The molecule has 5 aromatic rings. The van der Waals surface area contributed by atoms with Gasteiger partial charge in [-0.1, -0.05) is 135 Å². The number of likely N-dealkylation sites (tertiary alicyclic amines) is 1. The van der Waals surface area contributed by atoms with Crippen molar-refractivity contribution in [3.8, 4) is 0 Å². The van der Waals surface area contributed by atoms with E-state index in [-0.39, 0.29) is 95.7 Å². The van der Waals surface area contributed by atoms with E-state index in [1.54, 1.807) is 54.6 Å². The average Bonchev–Trinajstić information content (AvgIpc) is 1.82. The van der Waals surface area contributed by atoms with Gasteiger partial charge in [-0.3, -0.25) is 57.8 Å². The number of morpholine rings is 1. The maximum Gasteiger partial charge on any atom is 0.245 e. The molecule has 0 aromatic heterocycles. The zero-order chi connectivity index (χ0) is 74.5. The quantitative estimate of drug-likeness (QED) is 0.0145. The Balaban J connectivity index is 1.12. The topological polar surface area (TPSA) is 445 Å². The molecule has 2 heterocycles. The molecule has 2 aliphatic rings. The van der Waals surface area contributed by atoms with Crippen LogP contribution in [-0.4, -0.2) is 193 Å². The predicted octanol–water partition coefficient (Wildman–Crippen LogP) is 0.519. The SMILES string of the molecule is CC(C)C[C@H](NC(=O)[C@@H](Cc1ccc(CN2CCOCC2)cc1)NC(=O)[C@H](CCCCN)NC(=O)[C@H](CO)NC(=O)[C@@H](Cc1ccccc1)NC(=O)[C@@H](Cc1ccc(Cl)cc1)NC(=O)[C@H](N)Cc1cccc2ccccc12)C(=O)N[C@@H](CCCN=C(N)N)C(=O)N1CCC[C@H]1C(=O)N[C@H](C)C(N)=O. The number of nitrogens with one attached hydrogen (secondary N) is 8. The van der Waals surface area contributed by atoms with Crippen molar-refractivity contribution in [1.29, 1.82) is 0 Å². The number of fused-ring (bicyclic) bond motifs is 1. The highest BCUT2D eigenvalue weighted by atomic mass is 35.5. The fourth-order valence-corrected chi connectivity index (χ4v) is 12.5. The summed E-state index contributed by atoms with van der Waals surface area (Å²) >= 11 is 6.24. The molecule has 7 rings (SSSR count). The Hall–Kier alpha value is -9.58. The molecular formula is C74H101ClN16O12. The third kappa shape index (κ3) is 25.7. The van der Waals surface area contributed by atoms with Crippen LogP contribution in [0, 0.1) is 5.92 Å². The summed E-state index contributed by atoms with van der Waals surface area (Å²) < 4.78 is 5.54. The van der Waals surface area contributed by atoms with Crippen LogP contribution in [0.1, 0.15) is 100.0 Å². The molecule has 0 unspecified atom stereocenters. The van der Waals surface area contributed by atoms with Crippen molar-refractivity contribution in [2.24, 2.45) is 39.6 Å². The van der Waals surface area contributed by atoms with Crippen molar-refractivity contribution >= 4 is 87.4 Å². The molecule has 5 aromatic carbocycles. The molecule has 0 radical (unpaired) electrons. The van der Waals surface area contributed by atoms with Crippen LogP contribution in [0.15, 0.2) is 126 Å². The largest absolute Gasteiger partial charge is 0.394 e. The molecule has 0 aliphatic carbocycles. The van der Waals surface area contributed by atoms with Gasteiger partial charge in [0.2, 0.25) is 59.1 Å². The number of ether oxygens (including phenoxy) is 1. The van der Waals surface area contributed by atoms with Gasteiger partial charge in [0.25, 0.3) is 0 Å². The number of unbranched alkanes of at least 4 members (excludes halogenated alkanes) is 1. The summed E-state index contributed by atoms with van der Waals surface area (Å²) in [5, 5.41) is 35.1. The number of aliphatic imine (C=N–C) groups is 1. The number of rotatable bonds is 39. The van der Waals surface area contributed by atoms with Crippen molar-refractivity contribution in [1.82, 2.24) is 52.3 Å². The lowest BCUT2D eigenvalue weighted by Gasteiger charge is -2.31. The second kappa shape index (κ2) is 40.9. The Morgan fingerprint density at radius 3 is 1.66 bits per heavy atom. The lowest BCUT2D eigenvalue weighted by atomic mass is 9.98. The summed E-state index contributed by atoms with van der Waals surface area (Å²) in [6, 6.07) is 23.2. The average molecular weight is 1440 g/mol. The maximum absolute atomic E-state index is 15.1. The number of carbonyl (C=O) groups is 10. The molecule has 28 nitrogen and oxygen atoms in total. The lowest BCUT2D eigenvalue weighted by molar-refractivity contribution is -0.142. The first-order valence-corrected chi connectivity index (χ1v) is 35.5. The van der Waals surface area contributed by atoms with Crippen molar-refractivity contribution in [3.05, 3.63) is 154 Å². The number of aliphatic hydroxyl groups is 1. The summed E-state index contributed by atoms with van der Waals surface area (Å²) in [4.78, 5) is 150. The van der Waals surface area contributed by atoms with Crippen molar-refractivity contribution < 1.29 is 57.8 Å². The monoisotopic (exact) mass is 1440 g/mol. The summed E-state index contributed by atoms with van der Waals surface area (Å²) in [6.45, 7) is 7.85. The summed E-state index contributed by atoms with van der Waals surface area (Å²) in [5.41, 5.74) is 32.8. The molecule has 2 saturated heterocycles. The van der Waals surface area contributed by atoms with E-state index in [0.29, 0.717) is 54.3 Å². The highest BCUT2D eigenvalue weighted by Gasteiger charge is 2.40. The van der Waals surface area contributed by atoms with Crippen molar-refractivity contribution in [3.63, 3.8) is 0 Å². The fourth-order valence-electron chi connectivity index (χ4n) is 12.4. The van der Waals surface area contributed by atoms with Crippen LogP contribution >= 0.6 is 11.6 Å². The first-order valence-electron chi connectivity index (χ1n) is 35.2. The normalized spacial score (nSPS) is 16.4. The Kier molecular flexibility index (Phi) is 32.1. The molecule has 0 spiro atoms. The van der Waals surface area contributed by atoms with Crippen LogP contribution in [-0.2, 0) is 84.9 Å². The van der Waals surface area contributed by atoms with E-state index in [1.165, 1.54) is 11.8 Å². The number of aliphatic hydroxyl groups excluding tert-OH is 1. The Morgan fingerprint density at radius 1 is 0.553 bits per heavy atom. The number of nitrogens with zero attached hydrogens (tertiary/aromatic N) is 3. The number of hydrogen-bond acceptors (Lipinski definition) is 16. The zero-order valence-corrected chi connectivity index (χ0v) is 59.5.